The molecule has 0 aliphatic heterocycles. The molecule has 76 valence electrons. The minimum absolute atomic E-state index is 1.94. The van der Waals surface area contributed by atoms with E-state index in [-0.39, 0.29) is 0 Å². The molecule has 0 saturated heterocycles. The van der Waals surface area contributed by atoms with E-state index in [1.54, 1.807) is 0 Å². The zero-order chi connectivity index (χ0) is 10.9. The van der Waals surface area contributed by atoms with Gasteiger partial charge in [-0.1, -0.05) is 0 Å². The molecule has 0 amide bonds. The van der Waals surface area contributed by atoms with Crippen molar-refractivity contribution in [3.63, 3.8) is 0 Å². The lowest BCUT2D eigenvalue weighted by Gasteiger charge is -2.13. The number of nitrogens with zero attached hydrogens (tertiary/aromatic N) is 1. The van der Waals surface area contributed by atoms with E-state index in [0.29, 0.717) is 0 Å². The molecular weight excluding hydrogens is 207 g/mol. The molecule has 0 aromatic heterocycles. The molecule has 0 aromatic rings. The highest BCUT2D eigenvalue weighted by Gasteiger charge is 2.54. The Hall–Kier alpha value is -1.08. The van der Waals surface area contributed by atoms with Crippen LogP contribution < -0.4 is 0 Å². The van der Waals surface area contributed by atoms with E-state index in [1.165, 1.54) is 0 Å². The van der Waals surface area contributed by atoms with E-state index in [2.05, 4.69) is 6.72 Å². The Morgan fingerprint density at radius 3 is 1.31 bits per heavy atom. The molecule has 0 heterocycles. The smallest absolute Gasteiger partial charge is 0.236 e. The quantitative estimate of drug-likeness (QED) is 0.357. The fourth-order valence-electron chi connectivity index (χ4n) is 0.474. The van der Waals surface area contributed by atoms with Crippen LogP contribution in [-0.4, -0.2) is 19.1 Å². The van der Waals surface area contributed by atoms with Crippen LogP contribution >= 0.6 is 0 Å². The first-order chi connectivity index (χ1) is 5.60. The summed E-state index contributed by atoms with van der Waals surface area (Å²) in [7, 11) is 0. The Morgan fingerprint density at radius 1 is 0.923 bits per heavy atom. The SMILES string of the molecule is C=NC(F)=C(C(F)(F)F)C(F)(F)F. The molecule has 0 aliphatic rings. The summed E-state index contributed by atoms with van der Waals surface area (Å²) < 4.78 is 81.3. The third kappa shape index (κ3) is 3.03. The third-order valence-electron chi connectivity index (χ3n) is 0.912. The molecular formula is C5H2F7N. The highest BCUT2D eigenvalue weighted by molar-refractivity contribution is 5.31. The molecule has 0 unspecified atom stereocenters. The summed E-state index contributed by atoms with van der Waals surface area (Å²) in [5.74, 6) is -2.68. The third-order valence-corrected chi connectivity index (χ3v) is 0.912. The average Bonchev–Trinajstić information content (AvgIpc) is 1.80. The van der Waals surface area contributed by atoms with Crippen molar-refractivity contribution < 1.29 is 30.7 Å². The predicted molar refractivity (Wildman–Crippen MR) is 29.8 cm³/mol. The summed E-state index contributed by atoms with van der Waals surface area (Å²) in [5.41, 5.74) is -3.28. The van der Waals surface area contributed by atoms with Crippen molar-refractivity contribution >= 4 is 6.72 Å². The van der Waals surface area contributed by atoms with Gasteiger partial charge in [0.2, 0.25) is 5.95 Å². The van der Waals surface area contributed by atoms with Gasteiger partial charge in [-0.2, -0.15) is 30.7 Å². The van der Waals surface area contributed by atoms with Crippen LogP contribution in [0.5, 0.6) is 0 Å². The van der Waals surface area contributed by atoms with Crippen LogP contribution in [0.2, 0.25) is 0 Å². The summed E-state index contributed by atoms with van der Waals surface area (Å²) in [6.45, 7) is 2.23. The summed E-state index contributed by atoms with van der Waals surface area (Å²) in [6, 6.07) is 0. The number of alkyl halides is 6. The molecule has 0 saturated carbocycles. The van der Waals surface area contributed by atoms with Crippen LogP contribution in [0.1, 0.15) is 0 Å². The van der Waals surface area contributed by atoms with Crippen LogP contribution in [0.15, 0.2) is 16.5 Å². The van der Waals surface area contributed by atoms with Crippen molar-refractivity contribution in [2.24, 2.45) is 4.99 Å². The van der Waals surface area contributed by atoms with E-state index >= 15 is 0 Å². The van der Waals surface area contributed by atoms with Crippen molar-refractivity contribution in [3.05, 3.63) is 11.5 Å². The topological polar surface area (TPSA) is 12.4 Å². The van der Waals surface area contributed by atoms with Gasteiger partial charge in [0.05, 0.1) is 0 Å². The molecule has 0 atom stereocenters. The lowest BCUT2D eigenvalue weighted by Crippen LogP contribution is -2.27. The number of hydrogen-bond acceptors (Lipinski definition) is 1. The molecule has 8 heteroatoms. The molecule has 0 radical (unpaired) electrons. The molecule has 0 fully saturated rings. The summed E-state index contributed by atoms with van der Waals surface area (Å²) >= 11 is 0. The molecule has 0 aromatic carbocycles. The Kier molecular flexibility index (Phi) is 3.07. The summed E-state index contributed by atoms with van der Waals surface area (Å²) in [4.78, 5) is 1.94. The van der Waals surface area contributed by atoms with Crippen LogP contribution in [0, 0.1) is 0 Å². The minimum Gasteiger partial charge on any atom is -0.236 e. The van der Waals surface area contributed by atoms with Gasteiger partial charge in [-0.25, -0.2) is 4.99 Å². The van der Waals surface area contributed by atoms with Gasteiger partial charge in [-0.3, -0.25) is 0 Å². The first kappa shape index (κ1) is 11.9. The van der Waals surface area contributed by atoms with E-state index in [4.69, 9.17) is 0 Å². The maximum atomic E-state index is 12.0. The van der Waals surface area contributed by atoms with Gasteiger partial charge < -0.3 is 0 Å². The zero-order valence-corrected chi connectivity index (χ0v) is 5.80. The van der Waals surface area contributed by atoms with Crippen LogP contribution in [0.3, 0.4) is 0 Å². The molecule has 0 N–H and O–H groups in total. The number of rotatable bonds is 1. The van der Waals surface area contributed by atoms with Gasteiger partial charge in [0, 0.05) is 0 Å². The van der Waals surface area contributed by atoms with E-state index < -0.39 is 23.9 Å². The molecule has 1 nitrogen and oxygen atoms in total. The van der Waals surface area contributed by atoms with E-state index in [1.807, 2.05) is 4.99 Å². The van der Waals surface area contributed by atoms with Crippen LogP contribution in [-0.2, 0) is 0 Å². The summed E-state index contributed by atoms with van der Waals surface area (Å²) in [6.07, 6.45) is -11.7. The molecule has 0 bridgehead atoms. The van der Waals surface area contributed by atoms with Crippen molar-refractivity contribution in [2.45, 2.75) is 12.4 Å². The Balaban J connectivity index is 5.38. The second kappa shape index (κ2) is 3.35. The Morgan fingerprint density at radius 2 is 1.23 bits per heavy atom. The first-order valence-corrected chi connectivity index (χ1v) is 2.61. The maximum absolute atomic E-state index is 12.0. The zero-order valence-electron chi connectivity index (χ0n) is 5.80. The highest BCUT2D eigenvalue weighted by Crippen LogP contribution is 2.41. The monoisotopic (exact) mass is 209 g/mol. The van der Waals surface area contributed by atoms with E-state index in [0.717, 1.165) is 0 Å². The maximum Gasteiger partial charge on any atom is 0.425 e. The lowest BCUT2D eigenvalue weighted by atomic mass is 10.2. The number of allylic oxidation sites excluding steroid dienone is 1. The average molecular weight is 209 g/mol. The largest absolute Gasteiger partial charge is 0.425 e. The van der Waals surface area contributed by atoms with Gasteiger partial charge in [0.25, 0.3) is 0 Å². The van der Waals surface area contributed by atoms with Gasteiger partial charge in [0.1, 0.15) is 0 Å². The molecule has 0 aliphatic carbocycles. The molecule has 0 rings (SSSR count). The summed E-state index contributed by atoms with van der Waals surface area (Å²) in [5, 5.41) is 0. The van der Waals surface area contributed by atoms with Gasteiger partial charge in [-0.15, -0.1) is 0 Å². The second-order valence-electron chi connectivity index (χ2n) is 1.82. The number of aliphatic imine (C=N–C) groups is 1. The first-order valence-electron chi connectivity index (χ1n) is 2.61. The Bertz CT molecular complexity index is 216. The second-order valence-corrected chi connectivity index (χ2v) is 1.82. The standard InChI is InChI=1S/C5H2F7N/c1-13-3(6)2(4(7,8)9)5(10,11)12/h1H2. The van der Waals surface area contributed by atoms with Gasteiger partial charge in [0.15, 0.2) is 5.57 Å². The lowest BCUT2D eigenvalue weighted by molar-refractivity contribution is -0.174. The minimum atomic E-state index is -5.83. The van der Waals surface area contributed by atoms with Crippen molar-refractivity contribution in [2.75, 3.05) is 0 Å². The van der Waals surface area contributed by atoms with Gasteiger partial charge >= 0.3 is 12.4 Å². The van der Waals surface area contributed by atoms with E-state index in [9.17, 15) is 30.7 Å². The van der Waals surface area contributed by atoms with Crippen LogP contribution in [0.25, 0.3) is 0 Å². The fourth-order valence-corrected chi connectivity index (χ4v) is 0.474. The Labute approximate surface area is 67.6 Å². The molecule has 0 spiro atoms. The van der Waals surface area contributed by atoms with Crippen molar-refractivity contribution in [1.82, 2.24) is 0 Å². The number of halogens is 7. The number of hydrogen-bond donors (Lipinski definition) is 0. The normalized spacial score (nSPS) is 12.5. The molecule has 13 heavy (non-hydrogen) atoms. The van der Waals surface area contributed by atoms with Crippen molar-refractivity contribution in [3.8, 4) is 0 Å². The van der Waals surface area contributed by atoms with Crippen molar-refractivity contribution in [1.29, 1.82) is 0 Å². The predicted octanol–water partition coefficient (Wildman–Crippen LogP) is 2.99. The van der Waals surface area contributed by atoms with Gasteiger partial charge in [-0.05, 0) is 6.72 Å². The highest BCUT2D eigenvalue weighted by atomic mass is 19.4. The fraction of sp³-hybridized carbons (Fsp3) is 0.400. The van der Waals surface area contributed by atoms with Crippen LogP contribution in [0.4, 0.5) is 30.7 Å².